The summed E-state index contributed by atoms with van der Waals surface area (Å²) in [6.45, 7) is 6.05. The molecular weight excluding hydrogens is 164 g/mol. The predicted octanol–water partition coefficient (Wildman–Crippen LogP) is 3.27. The van der Waals surface area contributed by atoms with Crippen LogP contribution in [0.2, 0.25) is 0 Å². The fourth-order valence-electron chi connectivity index (χ4n) is 1.23. The van der Waals surface area contributed by atoms with Gasteiger partial charge in [0.25, 0.3) is 0 Å². The number of carboxylic acids is 1. The van der Waals surface area contributed by atoms with E-state index in [1.165, 1.54) is 18.8 Å². The molecule has 1 radical (unpaired) electrons. The molecule has 0 aromatic rings. The van der Waals surface area contributed by atoms with Crippen molar-refractivity contribution in [3.05, 3.63) is 5.92 Å². The van der Waals surface area contributed by atoms with Crippen molar-refractivity contribution >= 4 is 5.97 Å². The lowest BCUT2D eigenvalue weighted by molar-refractivity contribution is -0.141. The first-order valence-electron chi connectivity index (χ1n) is 5.06. The smallest absolute Gasteiger partial charge is 0.306 e. The highest BCUT2D eigenvalue weighted by atomic mass is 16.4. The molecule has 0 fully saturated rings. The minimum Gasteiger partial charge on any atom is -0.481 e. The number of carbonyl (C=O) groups is 1. The van der Waals surface area contributed by atoms with Crippen molar-refractivity contribution in [1.82, 2.24) is 0 Å². The van der Waals surface area contributed by atoms with Crippen LogP contribution >= 0.6 is 0 Å². The molecule has 0 bridgehead atoms. The van der Waals surface area contributed by atoms with Gasteiger partial charge in [-0.15, -0.1) is 0 Å². The van der Waals surface area contributed by atoms with Crippen LogP contribution in [0.1, 0.15) is 52.9 Å². The molecule has 1 atom stereocenters. The maximum Gasteiger partial charge on any atom is 0.306 e. The Bertz CT molecular complexity index is 141. The summed E-state index contributed by atoms with van der Waals surface area (Å²) >= 11 is 0. The molecule has 77 valence electrons. The number of unbranched alkanes of at least 4 members (excludes halogenated alkanes) is 2. The van der Waals surface area contributed by atoms with Gasteiger partial charge < -0.3 is 5.11 Å². The molecule has 0 aliphatic rings. The summed E-state index contributed by atoms with van der Waals surface area (Å²) < 4.78 is 0. The fraction of sp³-hybridized carbons (Fsp3) is 0.818. The Kier molecular flexibility index (Phi) is 6.65. The Labute approximate surface area is 81.3 Å². The molecule has 1 unspecified atom stereocenters. The Morgan fingerprint density at radius 3 is 2.31 bits per heavy atom. The summed E-state index contributed by atoms with van der Waals surface area (Å²) in [5, 5.41) is 8.62. The van der Waals surface area contributed by atoms with Crippen molar-refractivity contribution in [3.8, 4) is 0 Å². The van der Waals surface area contributed by atoms with E-state index >= 15 is 0 Å². The zero-order valence-corrected chi connectivity index (χ0v) is 8.97. The molecule has 2 nitrogen and oxygen atoms in total. The Morgan fingerprint density at radius 1 is 1.23 bits per heavy atom. The maximum atomic E-state index is 10.5. The molecule has 0 spiro atoms. The average Bonchev–Trinajstić information content (AvgIpc) is 2.02. The lowest BCUT2D eigenvalue weighted by Gasteiger charge is -2.06. The van der Waals surface area contributed by atoms with E-state index in [1.807, 2.05) is 0 Å². The third-order valence-corrected chi connectivity index (χ3v) is 2.24. The largest absolute Gasteiger partial charge is 0.481 e. The van der Waals surface area contributed by atoms with Crippen molar-refractivity contribution < 1.29 is 9.90 Å². The minimum absolute atomic E-state index is 0.174. The van der Waals surface area contributed by atoms with Crippen LogP contribution in [0.15, 0.2) is 0 Å². The molecule has 13 heavy (non-hydrogen) atoms. The molecular formula is C11H21O2. The lowest BCUT2D eigenvalue weighted by atomic mass is 10.0. The van der Waals surface area contributed by atoms with Crippen LogP contribution in [0.3, 0.4) is 0 Å². The van der Waals surface area contributed by atoms with Gasteiger partial charge in [-0.3, -0.25) is 4.79 Å². The van der Waals surface area contributed by atoms with Crippen LogP contribution in [-0.2, 0) is 4.79 Å². The van der Waals surface area contributed by atoms with E-state index in [0.717, 1.165) is 19.3 Å². The van der Waals surface area contributed by atoms with Crippen molar-refractivity contribution in [1.29, 1.82) is 0 Å². The predicted molar refractivity (Wildman–Crippen MR) is 54.5 cm³/mol. The normalized spacial score (nSPS) is 13.2. The van der Waals surface area contributed by atoms with Crippen LogP contribution in [0.4, 0.5) is 0 Å². The van der Waals surface area contributed by atoms with E-state index in [2.05, 4.69) is 13.8 Å². The van der Waals surface area contributed by atoms with Gasteiger partial charge in [0.15, 0.2) is 0 Å². The van der Waals surface area contributed by atoms with Crippen molar-refractivity contribution in [2.75, 3.05) is 0 Å². The standard InChI is InChI=1S/C11H21O2/c1-9(2)7-5-4-6-8-10(3)11(12)13/h10H,4-8H2,1-3H3,(H,12,13). The van der Waals surface area contributed by atoms with Crippen LogP contribution in [0.5, 0.6) is 0 Å². The Morgan fingerprint density at radius 2 is 1.85 bits per heavy atom. The summed E-state index contributed by atoms with van der Waals surface area (Å²) in [5.41, 5.74) is 0. The quantitative estimate of drug-likeness (QED) is 0.618. The monoisotopic (exact) mass is 185 g/mol. The first-order valence-corrected chi connectivity index (χ1v) is 5.06. The molecule has 0 saturated heterocycles. The van der Waals surface area contributed by atoms with Gasteiger partial charge in [0.05, 0.1) is 5.92 Å². The average molecular weight is 185 g/mol. The third kappa shape index (κ3) is 7.82. The highest BCUT2D eigenvalue weighted by molar-refractivity contribution is 5.69. The lowest BCUT2D eigenvalue weighted by Crippen LogP contribution is -2.08. The van der Waals surface area contributed by atoms with Crippen LogP contribution in [0.25, 0.3) is 0 Å². The molecule has 0 rings (SSSR count). The molecule has 0 saturated carbocycles. The van der Waals surface area contributed by atoms with E-state index < -0.39 is 5.97 Å². The van der Waals surface area contributed by atoms with Gasteiger partial charge in [0, 0.05) is 0 Å². The maximum absolute atomic E-state index is 10.5. The molecule has 1 N–H and O–H groups in total. The second kappa shape index (κ2) is 6.93. The number of hydrogen-bond acceptors (Lipinski definition) is 1. The first kappa shape index (κ1) is 12.5. The highest BCUT2D eigenvalue weighted by Gasteiger charge is 2.09. The summed E-state index contributed by atoms with van der Waals surface area (Å²) in [6, 6.07) is 0. The number of rotatable bonds is 7. The van der Waals surface area contributed by atoms with Crippen LogP contribution in [-0.4, -0.2) is 11.1 Å². The summed E-state index contributed by atoms with van der Waals surface area (Å²) in [4.78, 5) is 10.5. The van der Waals surface area contributed by atoms with Gasteiger partial charge in [0.2, 0.25) is 0 Å². The van der Waals surface area contributed by atoms with E-state index in [4.69, 9.17) is 5.11 Å². The molecule has 0 aromatic heterocycles. The van der Waals surface area contributed by atoms with Crippen LogP contribution in [0, 0.1) is 11.8 Å². The second-order valence-electron chi connectivity index (χ2n) is 4.05. The summed E-state index contributed by atoms with van der Waals surface area (Å²) in [6.07, 6.45) is 5.40. The molecule has 2 heteroatoms. The van der Waals surface area contributed by atoms with Gasteiger partial charge in [0.1, 0.15) is 0 Å². The van der Waals surface area contributed by atoms with Gasteiger partial charge in [-0.1, -0.05) is 40.0 Å². The second-order valence-corrected chi connectivity index (χ2v) is 4.05. The van der Waals surface area contributed by atoms with Crippen molar-refractivity contribution in [3.63, 3.8) is 0 Å². The molecule has 0 aromatic carbocycles. The summed E-state index contributed by atoms with van der Waals surface area (Å²) in [5.74, 6) is 0.622. The molecule has 0 aliphatic carbocycles. The highest BCUT2D eigenvalue weighted by Crippen LogP contribution is 2.13. The van der Waals surface area contributed by atoms with Crippen LogP contribution < -0.4 is 0 Å². The summed E-state index contributed by atoms with van der Waals surface area (Å²) in [7, 11) is 0. The zero-order valence-electron chi connectivity index (χ0n) is 8.97. The molecule has 0 heterocycles. The zero-order chi connectivity index (χ0) is 10.3. The number of carboxylic acid groups (broad SMARTS) is 1. The van der Waals surface area contributed by atoms with E-state index in [0.29, 0.717) is 0 Å². The molecule has 0 amide bonds. The van der Waals surface area contributed by atoms with Gasteiger partial charge >= 0.3 is 5.97 Å². The number of aliphatic carboxylic acids is 1. The minimum atomic E-state index is -0.668. The Hall–Kier alpha value is -0.530. The molecule has 0 aliphatic heterocycles. The van der Waals surface area contributed by atoms with Gasteiger partial charge in [-0.2, -0.15) is 0 Å². The van der Waals surface area contributed by atoms with Crippen molar-refractivity contribution in [2.24, 2.45) is 5.92 Å². The topological polar surface area (TPSA) is 37.3 Å². The van der Waals surface area contributed by atoms with Crippen molar-refractivity contribution in [2.45, 2.75) is 52.9 Å². The van der Waals surface area contributed by atoms with E-state index in [-0.39, 0.29) is 5.92 Å². The SMILES string of the molecule is C[C](C)CCCCCC(C)C(=O)O. The van der Waals surface area contributed by atoms with E-state index in [9.17, 15) is 4.79 Å². The number of hydrogen-bond donors (Lipinski definition) is 1. The first-order chi connectivity index (χ1) is 6.04. The van der Waals surface area contributed by atoms with E-state index in [1.54, 1.807) is 6.92 Å². The fourth-order valence-corrected chi connectivity index (χ4v) is 1.23. The van der Waals surface area contributed by atoms with Gasteiger partial charge in [-0.25, -0.2) is 0 Å². The van der Waals surface area contributed by atoms with Gasteiger partial charge in [-0.05, 0) is 18.8 Å². The third-order valence-electron chi connectivity index (χ3n) is 2.24. The Balaban J connectivity index is 3.21.